The van der Waals surface area contributed by atoms with Crippen molar-refractivity contribution < 1.29 is 14.3 Å². The van der Waals surface area contributed by atoms with Gasteiger partial charge in [0.25, 0.3) is 0 Å². The molecule has 110 valence electrons. The Morgan fingerprint density at radius 2 is 2.05 bits per heavy atom. The summed E-state index contributed by atoms with van der Waals surface area (Å²) in [5, 5.41) is 0. The number of nitrogens with two attached hydrogens (primary N) is 1. The maximum absolute atomic E-state index is 11.9. The Kier molecular flexibility index (Phi) is 4.84. The first kappa shape index (κ1) is 14.7. The minimum atomic E-state index is -0.325. The Labute approximate surface area is 119 Å². The Hall–Kier alpha value is -1.75. The molecule has 0 bridgehead atoms. The summed E-state index contributed by atoms with van der Waals surface area (Å²) in [6.07, 6.45) is 2.57. The number of nitrogens with zero attached hydrogens (tertiary/aromatic N) is 1. The number of amides is 1. The molecule has 1 heterocycles. The molecule has 1 fully saturated rings. The van der Waals surface area contributed by atoms with E-state index in [1.807, 2.05) is 23.1 Å². The molecule has 1 amide bonds. The van der Waals surface area contributed by atoms with Gasteiger partial charge < -0.3 is 20.1 Å². The van der Waals surface area contributed by atoms with E-state index in [4.69, 9.17) is 15.2 Å². The van der Waals surface area contributed by atoms with Crippen LogP contribution in [0.5, 0.6) is 11.5 Å². The number of ether oxygens (including phenoxy) is 2. The molecule has 5 heteroatoms. The predicted molar refractivity (Wildman–Crippen MR) is 77.0 cm³/mol. The highest BCUT2D eigenvalue weighted by Crippen LogP contribution is 2.27. The third-order valence-corrected chi connectivity index (χ3v) is 3.69. The summed E-state index contributed by atoms with van der Waals surface area (Å²) in [7, 11) is 3.24. The fourth-order valence-corrected chi connectivity index (χ4v) is 2.49. The van der Waals surface area contributed by atoms with Gasteiger partial charge in [-0.2, -0.15) is 0 Å². The summed E-state index contributed by atoms with van der Waals surface area (Å²) < 4.78 is 10.5. The number of carbonyl (C=O) groups is 1. The Bertz CT molecular complexity index is 476. The van der Waals surface area contributed by atoms with Gasteiger partial charge in [0.1, 0.15) is 0 Å². The van der Waals surface area contributed by atoms with Crippen molar-refractivity contribution in [1.82, 2.24) is 4.90 Å². The predicted octanol–water partition coefficient (Wildman–Crippen LogP) is 1.20. The monoisotopic (exact) mass is 278 g/mol. The first-order valence-electron chi connectivity index (χ1n) is 6.91. The van der Waals surface area contributed by atoms with Crippen LogP contribution in [0.4, 0.5) is 0 Å². The molecule has 0 radical (unpaired) electrons. The fourth-order valence-electron chi connectivity index (χ4n) is 2.49. The fraction of sp³-hybridized carbons (Fsp3) is 0.533. The van der Waals surface area contributed by atoms with Crippen LogP contribution in [0.1, 0.15) is 18.4 Å². The SMILES string of the molecule is COc1ccc(CCN2CCCC(N)C2=O)cc1OC. The van der Waals surface area contributed by atoms with E-state index in [9.17, 15) is 4.79 Å². The van der Waals surface area contributed by atoms with Gasteiger partial charge >= 0.3 is 0 Å². The van der Waals surface area contributed by atoms with Crippen LogP contribution < -0.4 is 15.2 Å². The van der Waals surface area contributed by atoms with Gasteiger partial charge in [-0.3, -0.25) is 4.79 Å². The maximum atomic E-state index is 11.9. The van der Waals surface area contributed by atoms with Crippen LogP contribution in [-0.2, 0) is 11.2 Å². The Balaban J connectivity index is 1.98. The van der Waals surface area contributed by atoms with Crippen LogP contribution >= 0.6 is 0 Å². The zero-order valence-electron chi connectivity index (χ0n) is 12.1. The lowest BCUT2D eigenvalue weighted by Crippen LogP contribution is -2.48. The summed E-state index contributed by atoms with van der Waals surface area (Å²) in [6.45, 7) is 1.50. The topological polar surface area (TPSA) is 64.8 Å². The Morgan fingerprint density at radius 3 is 2.75 bits per heavy atom. The highest BCUT2D eigenvalue weighted by molar-refractivity contribution is 5.82. The van der Waals surface area contributed by atoms with Gasteiger partial charge in [-0.05, 0) is 37.0 Å². The van der Waals surface area contributed by atoms with Crippen molar-refractivity contribution in [2.75, 3.05) is 27.3 Å². The molecule has 1 aromatic rings. The van der Waals surface area contributed by atoms with Crippen molar-refractivity contribution in [3.8, 4) is 11.5 Å². The molecule has 1 unspecified atom stereocenters. The summed E-state index contributed by atoms with van der Waals surface area (Å²) >= 11 is 0. The van der Waals surface area contributed by atoms with E-state index in [0.29, 0.717) is 18.0 Å². The van der Waals surface area contributed by atoms with Crippen molar-refractivity contribution in [2.45, 2.75) is 25.3 Å². The second kappa shape index (κ2) is 6.61. The van der Waals surface area contributed by atoms with Gasteiger partial charge in [-0.15, -0.1) is 0 Å². The van der Waals surface area contributed by atoms with Crippen LogP contribution in [0.25, 0.3) is 0 Å². The third-order valence-electron chi connectivity index (χ3n) is 3.69. The quantitative estimate of drug-likeness (QED) is 0.879. The van der Waals surface area contributed by atoms with Crippen LogP contribution in [0.2, 0.25) is 0 Å². The van der Waals surface area contributed by atoms with E-state index in [1.54, 1.807) is 14.2 Å². The standard InChI is InChI=1S/C15H22N2O3/c1-19-13-6-5-11(10-14(13)20-2)7-9-17-8-3-4-12(16)15(17)18/h5-6,10,12H,3-4,7-9,16H2,1-2H3. The van der Waals surface area contributed by atoms with Crippen molar-refractivity contribution in [3.63, 3.8) is 0 Å². The van der Waals surface area contributed by atoms with Crippen LogP contribution in [0.3, 0.4) is 0 Å². The van der Waals surface area contributed by atoms with Crippen molar-refractivity contribution >= 4 is 5.91 Å². The Morgan fingerprint density at radius 1 is 1.30 bits per heavy atom. The summed E-state index contributed by atoms with van der Waals surface area (Å²) in [5.41, 5.74) is 6.91. The van der Waals surface area contributed by atoms with Gasteiger partial charge in [0.05, 0.1) is 20.3 Å². The molecule has 2 N–H and O–H groups in total. The lowest BCUT2D eigenvalue weighted by atomic mass is 10.0. The first-order valence-corrected chi connectivity index (χ1v) is 6.91. The molecule has 1 aliphatic heterocycles. The normalized spacial score (nSPS) is 19.1. The zero-order chi connectivity index (χ0) is 14.5. The van der Waals surface area contributed by atoms with E-state index >= 15 is 0 Å². The maximum Gasteiger partial charge on any atom is 0.239 e. The minimum Gasteiger partial charge on any atom is -0.493 e. The van der Waals surface area contributed by atoms with Crippen LogP contribution in [0, 0.1) is 0 Å². The molecule has 1 atom stereocenters. The molecule has 1 aromatic carbocycles. The van der Waals surface area contributed by atoms with Gasteiger partial charge in [0, 0.05) is 13.1 Å². The van der Waals surface area contributed by atoms with E-state index in [0.717, 1.165) is 31.4 Å². The molecule has 2 rings (SSSR count). The van der Waals surface area contributed by atoms with Gasteiger partial charge in [0.15, 0.2) is 11.5 Å². The smallest absolute Gasteiger partial charge is 0.239 e. The molecular formula is C15H22N2O3. The summed E-state index contributed by atoms with van der Waals surface area (Å²) in [6, 6.07) is 5.51. The van der Waals surface area contributed by atoms with Crippen molar-refractivity contribution in [1.29, 1.82) is 0 Å². The second-order valence-electron chi connectivity index (χ2n) is 5.01. The zero-order valence-corrected chi connectivity index (χ0v) is 12.1. The number of hydrogen-bond donors (Lipinski definition) is 1. The highest BCUT2D eigenvalue weighted by atomic mass is 16.5. The van der Waals surface area contributed by atoms with Crippen molar-refractivity contribution in [3.05, 3.63) is 23.8 Å². The number of piperidine rings is 1. The molecule has 0 aliphatic carbocycles. The molecule has 0 aromatic heterocycles. The minimum absolute atomic E-state index is 0.0664. The molecule has 1 aliphatic rings. The van der Waals surface area contributed by atoms with E-state index in [1.165, 1.54) is 0 Å². The number of carbonyl (C=O) groups excluding carboxylic acids is 1. The molecule has 1 saturated heterocycles. The molecule has 0 spiro atoms. The van der Waals surface area contributed by atoms with Gasteiger partial charge in [-0.25, -0.2) is 0 Å². The largest absolute Gasteiger partial charge is 0.493 e. The van der Waals surface area contributed by atoms with E-state index in [2.05, 4.69) is 0 Å². The number of benzene rings is 1. The number of hydrogen-bond acceptors (Lipinski definition) is 4. The van der Waals surface area contributed by atoms with Gasteiger partial charge in [0.2, 0.25) is 5.91 Å². The third kappa shape index (κ3) is 3.22. The molecule has 5 nitrogen and oxygen atoms in total. The number of likely N-dealkylation sites (tertiary alicyclic amines) is 1. The second-order valence-corrected chi connectivity index (χ2v) is 5.01. The molecular weight excluding hydrogens is 256 g/mol. The lowest BCUT2D eigenvalue weighted by Gasteiger charge is -2.30. The number of methoxy groups -OCH3 is 2. The molecule has 20 heavy (non-hydrogen) atoms. The van der Waals surface area contributed by atoms with Crippen LogP contribution in [-0.4, -0.2) is 44.2 Å². The lowest BCUT2D eigenvalue weighted by molar-refractivity contribution is -0.134. The van der Waals surface area contributed by atoms with Crippen LogP contribution in [0.15, 0.2) is 18.2 Å². The average molecular weight is 278 g/mol. The molecule has 0 saturated carbocycles. The van der Waals surface area contributed by atoms with Gasteiger partial charge in [-0.1, -0.05) is 6.07 Å². The highest BCUT2D eigenvalue weighted by Gasteiger charge is 2.25. The number of rotatable bonds is 5. The summed E-state index contributed by atoms with van der Waals surface area (Å²) in [5.74, 6) is 1.50. The van der Waals surface area contributed by atoms with E-state index < -0.39 is 0 Å². The van der Waals surface area contributed by atoms with Crippen molar-refractivity contribution in [2.24, 2.45) is 5.73 Å². The average Bonchev–Trinajstić information content (AvgIpc) is 2.48. The first-order chi connectivity index (χ1) is 9.65. The summed E-state index contributed by atoms with van der Waals surface area (Å²) in [4.78, 5) is 13.8. The van der Waals surface area contributed by atoms with E-state index in [-0.39, 0.29) is 11.9 Å².